The molecule has 1 fully saturated rings. The minimum absolute atomic E-state index is 0.124. The van der Waals surface area contributed by atoms with Crippen molar-refractivity contribution < 1.29 is 23.7 Å². The number of fused-ring (bicyclic) bond motifs is 2. The van der Waals surface area contributed by atoms with Crippen molar-refractivity contribution in [1.29, 1.82) is 0 Å². The lowest BCUT2D eigenvalue weighted by Gasteiger charge is -2.29. The summed E-state index contributed by atoms with van der Waals surface area (Å²) in [5.74, 6) is 1.30. The highest BCUT2D eigenvalue weighted by Crippen LogP contribution is 2.51. The number of carbonyl (C=O) groups is 1. The highest BCUT2D eigenvalue weighted by atomic mass is 16.7. The Balaban J connectivity index is 1.78. The summed E-state index contributed by atoms with van der Waals surface area (Å²) in [5, 5.41) is 12.8. The fourth-order valence-corrected chi connectivity index (χ4v) is 4.99. The molecule has 1 aromatic heterocycles. The Hall–Kier alpha value is -3.30. The van der Waals surface area contributed by atoms with Crippen LogP contribution in [0.4, 0.5) is 0 Å². The molecular weight excluding hydrogens is 414 g/mol. The summed E-state index contributed by atoms with van der Waals surface area (Å²) >= 11 is 0. The lowest BCUT2D eigenvalue weighted by Crippen LogP contribution is -2.28. The first-order valence-corrected chi connectivity index (χ1v) is 10.9. The lowest BCUT2D eigenvalue weighted by atomic mass is 9.83. The topological polar surface area (TPSA) is 101 Å². The van der Waals surface area contributed by atoms with Gasteiger partial charge in [0.25, 0.3) is 0 Å². The fraction of sp³-hybridized carbons (Fsp3) is 0.545. The largest absolute Gasteiger partial charge is 0.492 e. The predicted octanol–water partition coefficient (Wildman–Crippen LogP) is 2.20. The minimum atomic E-state index is -0.583. The number of methoxy groups -OCH3 is 2. The molecule has 10 nitrogen and oxygen atoms in total. The van der Waals surface area contributed by atoms with Gasteiger partial charge in [-0.25, -0.2) is 9.48 Å². The van der Waals surface area contributed by atoms with Gasteiger partial charge in [-0.15, -0.1) is 5.10 Å². The zero-order chi connectivity index (χ0) is 22.2. The van der Waals surface area contributed by atoms with Crippen LogP contribution < -0.4 is 14.2 Å². The van der Waals surface area contributed by atoms with Gasteiger partial charge < -0.3 is 23.8 Å². The van der Waals surface area contributed by atoms with Gasteiger partial charge in [0.15, 0.2) is 17.3 Å². The molecule has 1 saturated carbocycles. The second-order valence-corrected chi connectivity index (χ2v) is 8.38. The molecule has 170 valence electrons. The maximum Gasteiger partial charge on any atom is 0.336 e. The van der Waals surface area contributed by atoms with Crippen LogP contribution in [-0.2, 0) is 16.0 Å². The molecule has 3 heterocycles. The first kappa shape index (κ1) is 20.6. The molecule has 1 aromatic carbocycles. The summed E-state index contributed by atoms with van der Waals surface area (Å²) in [5.41, 5.74) is 2.26. The number of hydrogen-bond donors (Lipinski definition) is 0. The SMILES string of the molecule is COC(=O)/C1=C/N(C)CCc2cc3c(c(OC)c2C1c1nnnn1C1CCCC1)OCO3. The summed E-state index contributed by atoms with van der Waals surface area (Å²) in [6.07, 6.45) is 6.84. The van der Waals surface area contributed by atoms with E-state index in [9.17, 15) is 4.79 Å². The maximum atomic E-state index is 13.1. The first-order valence-electron chi connectivity index (χ1n) is 10.9. The van der Waals surface area contributed by atoms with Gasteiger partial charge in [0, 0.05) is 25.4 Å². The monoisotopic (exact) mass is 441 g/mol. The second-order valence-electron chi connectivity index (χ2n) is 8.38. The fourth-order valence-electron chi connectivity index (χ4n) is 4.99. The Kier molecular flexibility index (Phi) is 5.36. The number of hydrogen-bond acceptors (Lipinski definition) is 9. The van der Waals surface area contributed by atoms with Crippen LogP contribution in [0.5, 0.6) is 17.2 Å². The number of aromatic nitrogens is 4. The van der Waals surface area contributed by atoms with Crippen LogP contribution >= 0.6 is 0 Å². The van der Waals surface area contributed by atoms with E-state index in [4.69, 9.17) is 18.9 Å². The summed E-state index contributed by atoms with van der Waals surface area (Å²) in [7, 11) is 4.92. The molecule has 32 heavy (non-hydrogen) atoms. The van der Waals surface area contributed by atoms with E-state index in [2.05, 4.69) is 15.5 Å². The molecular formula is C22H27N5O5. The maximum absolute atomic E-state index is 13.1. The van der Waals surface area contributed by atoms with Gasteiger partial charge in [-0.05, 0) is 41.3 Å². The van der Waals surface area contributed by atoms with E-state index in [0.29, 0.717) is 35.2 Å². The van der Waals surface area contributed by atoms with Crippen molar-refractivity contribution in [3.05, 3.63) is 34.8 Å². The molecule has 0 N–H and O–H groups in total. The summed E-state index contributed by atoms with van der Waals surface area (Å²) in [6, 6.07) is 2.18. The van der Waals surface area contributed by atoms with Crippen LogP contribution in [-0.4, -0.2) is 65.7 Å². The van der Waals surface area contributed by atoms with E-state index in [-0.39, 0.29) is 12.8 Å². The number of nitrogens with zero attached hydrogens (tertiary/aromatic N) is 5. The molecule has 5 rings (SSSR count). The van der Waals surface area contributed by atoms with Gasteiger partial charge in [-0.1, -0.05) is 12.8 Å². The molecule has 1 aliphatic carbocycles. The molecule has 0 amide bonds. The Bertz CT molecular complexity index is 1060. The third-order valence-corrected chi connectivity index (χ3v) is 6.51. The molecule has 3 aliphatic rings. The Morgan fingerprint density at radius 3 is 2.78 bits per heavy atom. The van der Waals surface area contributed by atoms with E-state index in [0.717, 1.165) is 43.2 Å². The molecule has 1 atom stereocenters. The quantitative estimate of drug-likeness (QED) is 0.661. The third-order valence-electron chi connectivity index (χ3n) is 6.51. The highest BCUT2D eigenvalue weighted by molar-refractivity contribution is 5.91. The smallest absolute Gasteiger partial charge is 0.336 e. The van der Waals surface area contributed by atoms with Crippen molar-refractivity contribution in [3.63, 3.8) is 0 Å². The number of benzene rings is 1. The van der Waals surface area contributed by atoms with Crippen LogP contribution in [0.1, 0.15) is 54.6 Å². The third kappa shape index (κ3) is 3.34. The van der Waals surface area contributed by atoms with Crippen LogP contribution in [0.3, 0.4) is 0 Å². The van der Waals surface area contributed by atoms with Gasteiger partial charge in [-0.2, -0.15) is 0 Å². The predicted molar refractivity (Wildman–Crippen MR) is 113 cm³/mol. The molecule has 1 unspecified atom stereocenters. The minimum Gasteiger partial charge on any atom is -0.492 e. The van der Waals surface area contributed by atoms with Gasteiger partial charge >= 0.3 is 5.97 Å². The average molecular weight is 441 g/mol. The number of likely N-dealkylation sites (N-methyl/N-ethyl adjacent to an activating group) is 1. The van der Waals surface area contributed by atoms with E-state index in [1.807, 2.05) is 28.9 Å². The molecule has 0 saturated heterocycles. The van der Waals surface area contributed by atoms with Gasteiger partial charge in [0.05, 0.1) is 31.8 Å². The van der Waals surface area contributed by atoms with Gasteiger partial charge in [0.1, 0.15) is 0 Å². The molecule has 2 aliphatic heterocycles. The van der Waals surface area contributed by atoms with E-state index in [1.165, 1.54) is 7.11 Å². The van der Waals surface area contributed by atoms with Gasteiger partial charge in [-0.3, -0.25) is 0 Å². The highest BCUT2D eigenvalue weighted by Gasteiger charge is 2.39. The van der Waals surface area contributed by atoms with Crippen molar-refractivity contribution >= 4 is 5.97 Å². The number of rotatable bonds is 4. The van der Waals surface area contributed by atoms with E-state index >= 15 is 0 Å². The number of esters is 1. The van der Waals surface area contributed by atoms with Crippen molar-refractivity contribution in [2.24, 2.45) is 0 Å². The number of tetrazole rings is 1. The first-order chi connectivity index (χ1) is 15.6. The molecule has 10 heteroatoms. The van der Waals surface area contributed by atoms with Crippen LogP contribution in [0.15, 0.2) is 17.8 Å². The van der Waals surface area contributed by atoms with Crippen LogP contribution in [0.2, 0.25) is 0 Å². The average Bonchev–Trinajstić information content (AvgIpc) is 3.56. The van der Waals surface area contributed by atoms with Crippen LogP contribution in [0, 0.1) is 0 Å². The number of ether oxygens (including phenoxy) is 4. The lowest BCUT2D eigenvalue weighted by molar-refractivity contribution is -0.136. The molecule has 2 aromatic rings. The Labute approximate surface area is 186 Å². The summed E-state index contributed by atoms with van der Waals surface area (Å²) in [6.45, 7) is 0.829. The van der Waals surface area contributed by atoms with Gasteiger partial charge in [0.2, 0.25) is 12.5 Å². The van der Waals surface area contributed by atoms with Crippen molar-refractivity contribution in [2.75, 3.05) is 34.6 Å². The number of carbonyl (C=O) groups excluding carboxylic acids is 1. The zero-order valence-electron chi connectivity index (χ0n) is 18.5. The molecule has 0 radical (unpaired) electrons. The summed E-state index contributed by atoms with van der Waals surface area (Å²) in [4.78, 5) is 15.1. The van der Waals surface area contributed by atoms with E-state index in [1.54, 1.807) is 7.11 Å². The molecule has 0 bridgehead atoms. The van der Waals surface area contributed by atoms with Crippen molar-refractivity contribution in [3.8, 4) is 17.2 Å². The van der Waals surface area contributed by atoms with Crippen molar-refractivity contribution in [2.45, 2.75) is 44.1 Å². The Morgan fingerprint density at radius 1 is 1.22 bits per heavy atom. The zero-order valence-corrected chi connectivity index (χ0v) is 18.5. The van der Waals surface area contributed by atoms with E-state index < -0.39 is 11.9 Å². The summed E-state index contributed by atoms with van der Waals surface area (Å²) < 4.78 is 24.3. The molecule has 0 spiro atoms. The van der Waals surface area contributed by atoms with Crippen molar-refractivity contribution in [1.82, 2.24) is 25.1 Å². The standard InChI is InChI=1S/C22H27N5O5/c1-26-9-8-13-10-16-19(32-12-31-16)20(29-2)17(13)18(15(11-26)22(28)30-3)21-23-24-25-27(21)14-6-4-5-7-14/h10-11,14,18H,4-9,12H2,1-3H3/b15-11+. The Morgan fingerprint density at radius 2 is 2.03 bits per heavy atom. The second kappa shape index (κ2) is 8.33. The van der Waals surface area contributed by atoms with Crippen LogP contribution in [0.25, 0.3) is 0 Å². The normalized spacial score (nSPS) is 22.0.